The minimum Gasteiger partial charge on any atom is -0.465 e. The SMILES string of the molecule is C/C=C\C(=C/C)C(N)C(=O)OCC. The molecule has 0 amide bonds. The Kier molecular flexibility index (Phi) is 5.89. The summed E-state index contributed by atoms with van der Waals surface area (Å²) in [4.78, 5) is 11.2. The van der Waals surface area contributed by atoms with E-state index in [1.807, 2.05) is 32.1 Å². The normalized spacial score (nSPS) is 14.6. The van der Waals surface area contributed by atoms with Crippen LogP contribution in [0.2, 0.25) is 0 Å². The van der Waals surface area contributed by atoms with Crippen LogP contribution in [0.4, 0.5) is 0 Å². The maximum atomic E-state index is 11.2. The molecule has 0 saturated carbocycles. The Hall–Kier alpha value is -1.09. The molecule has 0 aromatic carbocycles. The van der Waals surface area contributed by atoms with E-state index >= 15 is 0 Å². The first kappa shape index (κ1) is 11.9. The third-order valence-corrected chi connectivity index (χ3v) is 1.59. The number of rotatable bonds is 4. The molecule has 0 aliphatic rings. The van der Waals surface area contributed by atoms with Gasteiger partial charge in [0.2, 0.25) is 0 Å². The molecule has 0 rings (SSSR count). The molecule has 0 heterocycles. The molecule has 0 aromatic heterocycles. The second-order valence-corrected chi connectivity index (χ2v) is 2.52. The van der Waals surface area contributed by atoms with Gasteiger partial charge >= 0.3 is 5.97 Å². The van der Waals surface area contributed by atoms with E-state index in [-0.39, 0.29) is 5.97 Å². The molecule has 1 unspecified atom stereocenters. The molecule has 0 aromatic rings. The lowest BCUT2D eigenvalue weighted by molar-refractivity contribution is -0.143. The predicted octanol–water partition coefficient (Wildman–Crippen LogP) is 1.40. The van der Waals surface area contributed by atoms with Crippen LogP contribution in [0.5, 0.6) is 0 Å². The molecule has 0 fully saturated rings. The van der Waals surface area contributed by atoms with Crippen molar-refractivity contribution in [1.82, 2.24) is 0 Å². The lowest BCUT2D eigenvalue weighted by atomic mass is 10.1. The minimum absolute atomic E-state index is 0.360. The Morgan fingerprint density at radius 2 is 2.15 bits per heavy atom. The molecule has 0 bridgehead atoms. The van der Waals surface area contributed by atoms with E-state index in [1.165, 1.54) is 0 Å². The van der Waals surface area contributed by atoms with Gasteiger partial charge in [0, 0.05) is 0 Å². The summed E-state index contributed by atoms with van der Waals surface area (Å²) in [5.74, 6) is -0.381. The van der Waals surface area contributed by atoms with Crippen LogP contribution >= 0.6 is 0 Å². The van der Waals surface area contributed by atoms with Gasteiger partial charge in [-0.15, -0.1) is 0 Å². The highest BCUT2D eigenvalue weighted by Crippen LogP contribution is 2.03. The third kappa shape index (κ3) is 3.90. The van der Waals surface area contributed by atoms with Crippen molar-refractivity contribution in [3.05, 3.63) is 23.8 Å². The zero-order valence-electron chi connectivity index (χ0n) is 8.41. The highest BCUT2D eigenvalue weighted by atomic mass is 16.5. The van der Waals surface area contributed by atoms with Crippen LogP contribution in [-0.4, -0.2) is 18.6 Å². The summed E-state index contributed by atoms with van der Waals surface area (Å²) in [6.45, 7) is 5.84. The van der Waals surface area contributed by atoms with Crippen LogP contribution in [0.1, 0.15) is 20.8 Å². The predicted molar refractivity (Wildman–Crippen MR) is 53.2 cm³/mol. The van der Waals surface area contributed by atoms with Crippen LogP contribution in [-0.2, 0) is 9.53 Å². The summed E-state index contributed by atoms with van der Waals surface area (Å²) in [6.07, 6.45) is 5.46. The van der Waals surface area contributed by atoms with Crippen molar-refractivity contribution < 1.29 is 9.53 Å². The highest BCUT2D eigenvalue weighted by Gasteiger charge is 2.16. The minimum atomic E-state index is -0.666. The quantitative estimate of drug-likeness (QED) is 0.529. The van der Waals surface area contributed by atoms with Crippen molar-refractivity contribution in [3.8, 4) is 0 Å². The Bertz CT molecular complexity index is 219. The Morgan fingerprint density at radius 1 is 1.54 bits per heavy atom. The van der Waals surface area contributed by atoms with Gasteiger partial charge < -0.3 is 10.5 Å². The number of carbonyl (C=O) groups excluding carboxylic acids is 1. The van der Waals surface area contributed by atoms with E-state index in [4.69, 9.17) is 10.5 Å². The summed E-state index contributed by atoms with van der Waals surface area (Å²) in [7, 11) is 0. The smallest absolute Gasteiger partial charge is 0.327 e. The molecule has 0 aliphatic heterocycles. The lowest BCUT2D eigenvalue weighted by Crippen LogP contribution is -2.33. The fraction of sp³-hybridized carbons (Fsp3) is 0.500. The topological polar surface area (TPSA) is 52.3 Å². The number of hydrogen-bond acceptors (Lipinski definition) is 3. The molecular weight excluding hydrogens is 166 g/mol. The molecule has 3 heteroatoms. The highest BCUT2D eigenvalue weighted by molar-refractivity contribution is 5.80. The molecule has 2 N–H and O–H groups in total. The van der Waals surface area contributed by atoms with Gasteiger partial charge in [-0.3, -0.25) is 0 Å². The molecular formula is C10H17NO2. The van der Waals surface area contributed by atoms with Gasteiger partial charge in [-0.2, -0.15) is 0 Å². The van der Waals surface area contributed by atoms with Crippen molar-refractivity contribution in [2.45, 2.75) is 26.8 Å². The summed E-state index contributed by atoms with van der Waals surface area (Å²) < 4.78 is 4.79. The Balaban J connectivity index is 4.37. The molecule has 0 radical (unpaired) electrons. The van der Waals surface area contributed by atoms with E-state index in [9.17, 15) is 4.79 Å². The Morgan fingerprint density at radius 3 is 2.54 bits per heavy atom. The second kappa shape index (κ2) is 6.43. The van der Waals surface area contributed by atoms with Gasteiger partial charge in [0.25, 0.3) is 0 Å². The second-order valence-electron chi connectivity index (χ2n) is 2.52. The zero-order valence-corrected chi connectivity index (χ0v) is 8.41. The van der Waals surface area contributed by atoms with Crippen molar-refractivity contribution >= 4 is 5.97 Å². The molecule has 74 valence electrons. The van der Waals surface area contributed by atoms with Crippen LogP contribution in [0.15, 0.2) is 23.8 Å². The molecule has 0 aliphatic carbocycles. The zero-order chi connectivity index (χ0) is 10.3. The Labute approximate surface area is 79.3 Å². The fourth-order valence-electron chi connectivity index (χ4n) is 0.940. The lowest BCUT2D eigenvalue weighted by Gasteiger charge is -2.10. The van der Waals surface area contributed by atoms with Gasteiger partial charge in [0.15, 0.2) is 0 Å². The average molecular weight is 183 g/mol. The summed E-state index contributed by atoms with van der Waals surface area (Å²) >= 11 is 0. The number of hydrogen-bond donors (Lipinski definition) is 1. The first-order valence-corrected chi connectivity index (χ1v) is 4.38. The van der Waals surface area contributed by atoms with Crippen molar-refractivity contribution in [1.29, 1.82) is 0 Å². The number of allylic oxidation sites excluding steroid dienone is 2. The van der Waals surface area contributed by atoms with E-state index in [1.54, 1.807) is 6.92 Å². The van der Waals surface area contributed by atoms with E-state index in [0.29, 0.717) is 6.61 Å². The third-order valence-electron chi connectivity index (χ3n) is 1.59. The first-order chi connectivity index (χ1) is 6.17. The van der Waals surface area contributed by atoms with Crippen molar-refractivity contribution in [2.75, 3.05) is 6.61 Å². The van der Waals surface area contributed by atoms with Gasteiger partial charge in [-0.05, 0) is 26.3 Å². The van der Waals surface area contributed by atoms with Crippen LogP contribution in [0, 0.1) is 0 Å². The number of carbonyl (C=O) groups is 1. The monoisotopic (exact) mass is 183 g/mol. The molecule has 1 atom stereocenters. The van der Waals surface area contributed by atoms with E-state index in [0.717, 1.165) is 5.57 Å². The first-order valence-electron chi connectivity index (χ1n) is 4.38. The van der Waals surface area contributed by atoms with Gasteiger partial charge in [-0.25, -0.2) is 4.79 Å². The van der Waals surface area contributed by atoms with Crippen molar-refractivity contribution in [3.63, 3.8) is 0 Å². The van der Waals surface area contributed by atoms with Crippen LogP contribution < -0.4 is 5.73 Å². The van der Waals surface area contributed by atoms with E-state index < -0.39 is 6.04 Å². The van der Waals surface area contributed by atoms with Crippen molar-refractivity contribution in [2.24, 2.45) is 5.73 Å². The largest absolute Gasteiger partial charge is 0.465 e. The summed E-state index contributed by atoms with van der Waals surface area (Å²) in [6, 6.07) is -0.666. The van der Waals surface area contributed by atoms with Crippen LogP contribution in [0.3, 0.4) is 0 Å². The molecule has 0 spiro atoms. The number of nitrogens with two attached hydrogens (primary N) is 1. The van der Waals surface area contributed by atoms with Crippen LogP contribution in [0.25, 0.3) is 0 Å². The van der Waals surface area contributed by atoms with Gasteiger partial charge in [0.1, 0.15) is 6.04 Å². The number of ether oxygens (including phenoxy) is 1. The van der Waals surface area contributed by atoms with Gasteiger partial charge in [-0.1, -0.05) is 18.2 Å². The molecule has 3 nitrogen and oxygen atoms in total. The molecule has 13 heavy (non-hydrogen) atoms. The van der Waals surface area contributed by atoms with Gasteiger partial charge in [0.05, 0.1) is 6.61 Å². The fourth-order valence-corrected chi connectivity index (χ4v) is 0.940. The summed E-state index contributed by atoms with van der Waals surface area (Å²) in [5.41, 5.74) is 6.43. The van der Waals surface area contributed by atoms with E-state index in [2.05, 4.69) is 0 Å². The maximum absolute atomic E-state index is 11.2. The number of esters is 1. The summed E-state index contributed by atoms with van der Waals surface area (Å²) in [5, 5.41) is 0. The maximum Gasteiger partial charge on any atom is 0.327 e. The standard InChI is InChI=1S/C10H17NO2/c1-4-7-8(5-2)9(11)10(12)13-6-3/h4-5,7,9H,6,11H2,1-3H3/b7-4-,8-5+. The molecule has 0 saturated heterocycles. The average Bonchev–Trinajstić information content (AvgIpc) is 2.13.